The molecule has 1 nitrogen and oxygen atoms in total. The van der Waals surface area contributed by atoms with E-state index in [1.165, 1.54) is 18.9 Å². The van der Waals surface area contributed by atoms with Crippen molar-refractivity contribution in [2.24, 2.45) is 5.73 Å². The van der Waals surface area contributed by atoms with Gasteiger partial charge in [-0.2, -0.15) is 0 Å². The zero-order chi connectivity index (χ0) is 9.94. The fourth-order valence-corrected chi connectivity index (χ4v) is 0.757. The van der Waals surface area contributed by atoms with E-state index in [4.69, 9.17) is 5.73 Å². The SMILES string of the molecule is CCCCN.FC1=CCC=CC=C1. The van der Waals surface area contributed by atoms with Crippen molar-refractivity contribution in [1.29, 1.82) is 0 Å². The quantitative estimate of drug-likeness (QED) is 0.699. The topological polar surface area (TPSA) is 26.0 Å². The second-order valence-electron chi connectivity index (χ2n) is 2.75. The highest BCUT2D eigenvalue weighted by molar-refractivity contribution is 5.20. The van der Waals surface area contributed by atoms with Crippen molar-refractivity contribution in [3.63, 3.8) is 0 Å². The van der Waals surface area contributed by atoms with E-state index in [9.17, 15) is 4.39 Å². The van der Waals surface area contributed by atoms with Gasteiger partial charge in [0.25, 0.3) is 0 Å². The highest BCUT2D eigenvalue weighted by atomic mass is 19.1. The average molecular weight is 183 g/mol. The molecule has 1 aliphatic carbocycles. The molecule has 74 valence electrons. The summed E-state index contributed by atoms with van der Waals surface area (Å²) in [6, 6.07) is 0. The molecular weight excluding hydrogens is 165 g/mol. The molecule has 2 heteroatoms. The summed E-state index contributed by atoms with van der Waals surface area (Å²) in [6.45, 7) is 2.98. The summed E-state index contributed by atoms with van der Waals surface area (Å²) >= 11 is 0. The first-order valence-electron chi connectivity index (χ1n) is 4.70. The molecule has 13 heavy (non-hydrogen) atoms. The molecule has 0 bridgehead atoms. The average Bonchev–Trinajstić information content (AvgIpc) is 2.35. The van der Waals surface area contributed by atoms with Crippen molar-refractivity contribution in [2.45, 2.75) is 26.2 Å². The van der Waals surface area contributed by atoms with Crippen molar-refractivity contribution in [3.8, 4) is 0 Å². The van der Waals surface area contributed by atoms with E-state index in [0.717, 1.165) is 6.54 Å². The van der Waals surface area contributed by atoms with Crippen molar-refractivity contribution < 1.29 is 4.39 Å². The minimum absolute atomic E-state index is 0.144. The highest BCUT2D eigenvalue weighted by Crippen LogP contribution is 2.04. The van der Waals surface area contributed by atoms with E-state index in [0.29, 0.717) is 6.42 Å². The Kier molecular flexibility index (Phi) is 8.57. The first-order chi connectivity index (χ1) is 6.31. The van der Waals surface area contributed by atoms with E-state index in [1.807, 2.05) is 12.2 Å². The third-order valence-electron chi connectivity index (χ3n) is 1.51. The van der Waals surface area contributed by atoms with Crippen molar-refractivity contribution in [2.75, 3.05) is 6.54 Å². The van der Waals surface area contributed by atoms with Gasteiger partial charge in [-0.1, -0.05) is 31.6 Å². The Morgan fingerprint density at radius 2 is 2.23 bits per heavy atom. The second-order valence-corrected chi connectivity index (χ2v) is 2.75. The molecule has 0 aromatic carbocycles. The van der Waals surface area contributed by atoms with Crippen LogP contribution in [0.5, 0.6) is 0 Å². The second kappa shape index (κ2) is 9.20. The zero-order valence-electron chi connectivity index (χ0n) is 8.17. The van der Waals surface area contributed by atoms with Gasteiger partial charge >= 0.3 is 0 Å². The van der Waals surface area contributed by atoms with Crippen LogP contribution in [-0.4, -0.2) is 6.54 Å². The Balaban J connectivity index is 0.000000252. The minimum Gasteiger partial charge on any atom is -0.330 e. The maximum absolute atomic E-state index is 12.2. The molecule has 0 aromatic heterocycles. The third-order valence-corrected chi connectivity index (χ3v) is 1.51. The first kappa shape index (κ1) is 12.1. The summed E-state index contributed by atoms with van der Waals surface area (Å²) in [5, 5.41) is 0. The lowest BCUT2D eigenvalue weighted by Crippen LogP contribution is -1.95. The summed E-state index contributed by atoms with van der Waals surface area (Å²) in [5.41, 5.74) is 5.14. The van der Waals surface area contributed by atoms with Gasteiger partial charge in [0.2, 0.25) is 0 Å². The van der Waals surface area contributed by atoms with Crippen LogP contribution < -0.4 is 5.73 Å². The molecular formula is C11H18FN. The fraction of sp³-hybridized carbons (Fsp3) is 0.455. The van der Waals surface area contributed by atoms with Crippen LogP contribution >= 0.6 is 0 Å². The molecule has 0 radical (unpaired) electrons. The molecule has 1 aliphatic rings. The van der Waals surface area contributed by atoms with Gasteiger partial charge in [-0.3, -0.25) is 0 Å². The van der Waals surface area contributed by atoms with Crippen LogP contribution in [0.15, 0.2) is 36.2 Å². The summed E-state index contributed by atoms with van der Waals surface area (Å²) < 4.78 is 12.2. The Morgan fingerprint density at radius 1 is 1.46 bits per heavy atom. The number of nitrogens with two attached hydrogens (primary N) is 1. The zero-order valence-corrected chi connectivity index (χ0v) is 8.17. The van der Waals surface area contributed by atoms with Crippen LogP contribution in [0, 0.1) is 0 Å². The third kappa shape index (κ3) is 9.02. The summed E-state index contributed by atoms with van der Waals surface area (Å²) in [4.78, 5) is 0. The molecule has 0 atom stereocenters. The van der Waals surface area contributed by atoms with E-state index < -0.39 is 0 Å². The molecule has 0 unspecified atom stereocenters. The molecule has 0 fully saturated rings. The number of allylic oxidation sites excluding steroid dienone is 6. The van der Waals surface area contributed by atoms with Gasteiger partial charge < -0.3 is 5.73 Å². The van der Waals surface area contributed by atoms with Crippen LogP contribution in [0.25, 0.3) is 0 Å². The molecule has 0 spiro atoms. The molecule has 0 saturated carbocycles. The largest absolute Gasteiger partial charge is 0.330 e. The smallest absolute Gasteiger partial charge is 0.119 e. The molecule has 0 saturated heterocycles. The Bertz CT molecular complexity index is 188. The predicted molar refractivity (Wildman–Crippen MR) is 56.1 cm³/mol. The lowest BCUT2D eigenvalue weighted by molar-refractivity contribution is 0.663. The Hall–Kier alpha value is -0.890. The van der Waals surface area contributed by atoms with Gasteiger partial charge in [-0.25, -0.2) is 4.39 Å². The van der Waals surface area contributed by atoms with Crippen molar-refractivity contribution in [3.05, 3.63) is 36.2 Å². The highest BCUT2D eigenvalue weighted by Gasteiger charge is 1.85. The maximum atomic E-state index is 12.2. The minimum atomic E-state index is -0.144. The lowest BCUT2D eigenvalue weighted by atomic mass is 10.3. The van der Waals surface area contributed by atoms with E-state index >= 15 is 0 Å². The number of hydrogen-bond acceptors (Lipinski definition) is 1. The van der Waals surface area contributed by atoms with Gasteiger partial charge in [-0.05, 0) is 31.5 Å². The van der Waals surface area contributed by atoms with Gasteiger partial charge in [-0.15, -0.1) is 0 Å². The summed E-state index contributed by atoms with van der Waals surface area (Å²) in [5.74, 6) is -0.144. The van der Waals surface area contributed by atoms with E-state index in [2.05, 4.69) is 6.92 Å². The Labute approximate surface area is 79.8 Å². The number of rotatable bonds is 2. The van der Waals surface area contributed by atoms with Gasteiger partial charge in [0.1, 0.15) is 5.83 Å². The number of hydrogen-bond donors (Lipinski definition) is 1. The monoisotopic (exact) mass is 183 g/mol. The molecule has 0 amide bonds. The molecule has 0 aromatic rings. The standard InChI is InChI=1S/C7H7F.C4H11N/c8-7-5-3-1-2-4-6-7;1-2-3-4-5/h1-3,5-6H,4H2;2-5H2,1H3. The van der Waals surface area contributed by atoms with Crippen LogP contribution in [0.3, 0.4) is 0 Å². The fourth-order valence-electron chi connectivity index (χ4n) is 0.757. The molecule has 1 rings (SSSR count). The Morgan fingerprint density at radius 3 is 2.77 bits per heavy atom. The van der Waals surface area contributed by atoms with Gasteiger partial charge in [0.15, 0.2) is 0 Å². The predicted octanol–water partition coefficient (Wildman–Crippen LogP) is 3.10. The molecule has 0 heterocycles. The molecule has 2 N–H and O–H groups in total. The first-order valence-corrected chi connectivity index (χ1v) is 4.70. The van der Waals surface area contributed by atoms with Gasteiger partial charge in [0, 0.05) is 0 Å². The van der Waals surface area contributed by atoms with Crippen molar-refractivity contribution >= 4 is 0 Å². The lowest BCUT2D eigenvalue weighted by Gasteiger charge is -1.80. The normalized spacial score (nSPS) is 14.2. The summed E-state index contributed by atoms with van der Waals surface area (Å²) in [7, 11) is 0. The van der Waals surface area contributed by atoms with Crippen LogP contribution in [-0.2, 0) is 0 Å². The maximum Gasteiger partial charge on any atom is 0.119 e. The van der Waals surface area contributed by atoms with E-state index in [1.54, 1.807) is 12.2 Å². The number of unbranched alkanes of at least 4 members (excludes halogenated alkanes) is 1. The molecule has 0 aliphatic heterocycles. The van der Waals surface area contributed by atoms with Crippen molar-refractivity contribution in [1.82, 2.24) is 0 Å². The van der Waals surface area contributed by atoms with E-state index in [-0.39, 0.29) is 5.83 Å². The van der Waals surface area contributed by atoms with Crippen LogP contribution in [0.1, 0.15) is 26.2 Å². The number of halogens is 1. The summed E-state index contributed by atoms with van der Waals surface area (Å²) in [6.07, 6.45) is 11.5. The van der Waals surface area contributed by atoms with Crippen LogP contribution in [0.4, 0.5) is 4.39 Å². The van der Waals surface area contributed by atoms with Crippen LogP contribution in [0.2, 0.25) is 0 Å². The van der Waals surface area contributed by atoms with Gasteiger partial charge in [0.05, 0.1) is 0 Å².